The molecule has 2 amide bonds. The molecule has 1 N–H and O–H groups in total. The van der Waals surface area contributed by atoms with Crippen molar-refractivity contribution in [1.82, 2.24) is 15.1 Å². The van der Waals surface area contributed by atoms with Crippen LogP contribution in [0.5, 0.6) is 5.75 Å². The Hall–Kier alpha value is -4.10. The number of amides is 2. The van der Waals surface area contributed by atoms with E-state index >= 15 is 0 Å². The van der Waals surface area contributed by atoms with Crippen molar-refractivity contribution in [1.29, 1.82) is 0 Å². The lowest BCUT2D eigenvalue weighted by Crippen LogP contribution is -2.71. The highest BCUT2D eigenvalue weighted by molar-refractivity contribution is 8.00. The van der Waals surface area contributed by atoms with Crippen molar-refractivity contribution in [2.75, 3.05) is 38.7 Å². The highest BCUT2D eigenvalue weighted by Crippen LogP contribution is 2.41. The molecule has 0 bridgehead atoms. The fourth-order valence-electron chi connectivity index (χ4n) is 4.48. The molecule has 3 aliphatic heterocycles. The van der Waals surface area contributed by atoms with Gasteiger partial charge in [-0.2, -0.15) is 0 Å². The van der Waals surface area contributed by atoms with Crippen molar-refractivity contribution < 1.29 is 33.5 Å². The molecule has 2 saturated heterocycles. The zero-order chi connectivity index (χ0) is 27.4. The number of ether oxygens (including phenoxy) is 3. The van der Waals surface area contributed by atoms with Gasteiger partial charge < -0.3 is 24.4 Å². The van der Waals surface area contributed by atoms with Gasteiger partial charge in [-0.15, -0.1) is 11.8 Å². The van der Waals surface area contributed by atoms with Gasteiger partial charge in [0, 0.05) is 31.0 Å². The van der Waals surface area contributed by atoms with Gasteiger partial charge in [-0.1, -0.05) is 18.2 Å². The summed E-state index contributed by atoms with van der Waals surface area (Å²) in [6.45, 7) is 1.77. The smallest absolute Gasteiger partial charge is 0.357 e. The van der Waals surface area contributed by atoms with Crippen LogP contribution in [0.3, 0.4) is 0 Å². The number of morpholine rings is 1. The molecular weight excluding hydrogens is 528 g/mol. The largest absolute Gasteiger partial charge is 0.484 e. The fraction of sp³-hybridized carbons (Fsp3) is 0.346. The van der Waals surface area contributed by atoms with Crippen molar-refractivity contribution in [3.63, 3.8) is 0 Å². The molecule has 5 rings (SSSR count). The van der Waals surface area contributed by atoms with E-state index in [0.29, 0.717) is 49.1 Å². The first-order valence-electron chi connectivity index (χ1n) is 12.3. The lowest BCUT2D eigenvalue weighted by Gasteiger charge is -2.51. The molecule has 0 saturated carbocycles. The molecule has 0 spiro atoms. The first kappa shape index (κ1) is 26.5. The number of para-hydroxylation sites is 1. The maximum atomic E-state index is 13.4. The summed E-state index contributed by atoms with van der Waals surface area (Å²) in [5.74, 6) is -0.539. The Morgan fingerprint density at radius 2 is 1.82 bits per heavy atom. The normalized spacial score (nSPS) is 20.6. The number of hydrogen-bond donors (Lipinski definition) is 1. The quantitative estimate of drug-likeness (QED) is 0.211. The summed E-state index contributed by atoms with van der Waals surface area (Å²) in [7, 11) is 0. The third-order valence-electron chi connectivity index (χ3n) is 6.48. The number of nitrogens with zero attached hydrogens (tertiary/aromatic N) is 3. The third kappa shape index (κ3) is 5.83. The molecule has 2 atom stereocenters. The number of rotatable bonds is 9. The van der Waals surface area contributed by atoms with Crippen molar-refractivity contribution in [3.05, 3.63) is 81.7 Å². The molecule has 0 aromatic heterocycles. The van der Waals surface area contributed by atoms with Gasteiger partial charge in [-0.3, -0.25) is 24.6 Å². The Kier molecular flexibility index (Phi) is 7.98. The molecule has 13 heteroatoms. The van der Waals surface area contributed by atoms with Crippen molar-refractivity contribution >= 4 is 35.2 Å². The van der Waals surface area contributed by atoms with E-state index in [1.165, 1.54) is 40.9 Å². The number of benzene rings is 2. The van der Waals surface area contributed by atoms with Crippen LogP contribution in [0.25, 0.3) is 0 Å². The standard InChI is InChI=1S/C26H26N4O8S/c31-21(15-37-19-4-2-1-3-5-19)27-22-24(32)29-23(20(16-39-25(22)29)28-10-12-36-13-11-28)26(33)38-14-17-6-8-18(9-7-17)30(34)35/h1-9,22,25H,10-16H2,(H,27,31)/t22?,25-/m0/s1. The summed E-state index contributed by atoms with van der Waals surface area (Å²) >= 11 is 1.46. The number of nitro benzene ring substituents is 1. The summed E-state index contributed by atoms with van der Waals surface area (Å²) in [6, 6.07) is 13.8. The Bertz CT molecular complexity index is 1280. The lowest BCUT2D eigenvalue weighted by molar-refractivity contribution is -0.384. The number of fused-ring (bicyclic) bond motifs is 1. The number of carbonyl (C=O) groups excluding carboxylic acids is 3. The van der Waals surface area contributed by atoms with Crippen LogP contribution < -0.4 is 10.1 Å². The number of nitro groups is 1. The van der Waals surface area contributed by atoms with E-state index in [9.17, 15) is 24.5 Å². The van der Waals surface area contributed by atoms with Crippen LogP contribution in [0.4, 0.5) is 5.69 Å². The Morgan fingerprint density at radius 3 is 2.51 bits per heavy atom. The van der Waals surface area contributed by atoms with Gasteiger partial charge in [0.05, 0.1) is 23.8 Å². The minimum Gasteiger partial charge on any atom is -0.484 e. The molecule has 2 fully saturated rings. The summed E-state index contributed by atoms with van der Waals surface area (Å²) in [5.41, 5.74) is 1.34. The molecule has 2 aromatic rings. The lowest BCUT2D eigenvalue weighted by atomic mass is 10.0. The molecule has 12 nitrogen and oxygen atoms in total. The van der Waals surface area contributed by atoms with Crippen molar-refractivity contribution in [2.24, 2.45) is 0 Å². The average Bonchev–Trinajstić information content (AvgIpc) is 2.98. The van der Waals surface area contributed by atoms with Crippen molar-refractivity contribution in [2.45, 2.75) is 18.0 Å². The van der Waals surface area contributed by atoms with E-state index in [1.807, 2.05) is 11.0 Å². The number of esters is 1. The zero-order valence-electron chi connectivity index (χ0n) is 20.8. The van der Waals surface area contributed by atoms with Gasteiger partial charge >= 0.3 is 5.97 Å². The molecule has 1 unspecified atom stereocenters. The van der Waals surface area contributed by atoms with Gasteiger partial charge in [0.1, 0.15) is 23.8 Å². The summed E-state index contributed by atoms with van der Waals surface area (Å²) in [4.78, 5) is 52.9. The monoisotopic (exact) mass is 554 g/mol. The Labute approximate surface area is 228 Å². The van der Waals surface area contributed by atoms with Crippen molar-refractivity contribution in [3.8, 4) is 5.75 Å². The van der Waals surface area contributed by atoms with Crippen LogP contribution >= 0.6 is 11.8 Å². The zero-order valence-corrected chi connectivity index (χ0v) is 21.6. The van der Waals surface area contributed by atoms with Crippen LogP contribution in [0.2, 0.25) is 0 Å². The first-order chi connectivity index (χ1) is 18.9. The maximum Gasteiger partial charge on any atom is 0.357 e. The van der Waals surface area contributed by atoms with E-state index in [4.69, 9.17) is 14.2 Å². The predicted octanol–water partition coefficient (Wildman–Crippen LogP) is 1.66. The van der Waals surface area contributed by atoms with Gasteiger partial charge in [-0.05, 0) is 29.8 Å². The number of carbonyl (C=O) groups is 3. The van der Waals surface area contributed by atoms with Gasteiger partial charge in [0.25, 0.3) is 17.5 Å². The number of hydrogen-bond acceptors (Lipinski definition) is 10. The molecular formula is C26H26N4O8S. The summed E-state index contributed by atoms with van der Waals surface area (Å²) < 4.78 is 16.5. The first-order valence-corrected chi connectivity index (χ1v) is 13.4. The second kappa shape index (κ2) is 11.7. The van der Waals surface area contributed by atoms with E-state index in [0.717, 1.165) is 0 Å². The Morgan fingerprint density at radius 1 is 1.10 bits per heavy atom. The number of thioether (sulfide) groups is 1. The molecule has 2 aromatic carbocycles. The van der Waals surface area contributed by atoms with Crippen LogP contribution in [0.15, 0.2) is 66.0 Å². The molecule has 3 heterocycles. The number of non-ortho nitro benzene ring substituents is 1. The minimum atomic E-state index is -0.800. The number of nitrogens with one attached hydrogen (secondary N) is 1. The highest BCUT2D eigenvalue weighted by Gasteiger charge is 2.55. The average molecular weight is 555 g/mol. The second-order valence-electron chi connectivity index (χ2n) is 8.95. The molecule has 0 radical (unpaired) electrons. The minimum absolute atomic E-state index is 0.0667. The summed E-state index contributed by atoms with van der Waals surface area (Å²) in [6.07, 6.45) is 0. The number of β-lactam (4-membered cyclic amide) rings is 1. The van der Waals surface area contributed by atoms with E-state index in [-0.39, 0.29) is 24.6 Å². The molecule has 0 aliphatic carbocycles. The van der Waals surface area contributed by atoms with E-state index in [2.05, 4.69) is 5.32 Å². The molecule has 204 valence electrons. The third-order valence-corrected chi connectivity index (χ3v) is 7.75. The van der Waals surface area contributed by atoms with E-state index < -0.39 is 34.1 Å². The summed E-state index contributed by atoms with van der Waals surface area (Å²) in [5, 5.41) is 13.2. The van der Waals surface area contributed by atoms with Crippen LogP contribution in [-0.4, -0.2) is 82.6 Å². The molecule has 39 heavy (non-hydrogen) atoms. The van der Waals surface area contributed by atoms with Gasteiger partial charge in [0.2, 0.25) is 0 Å². The SMILES string of the molecule is O=C(COc1ccccc1)NC1C(=O)N2C(C(=O)OCc3ccc([N+](=O)[O-])cc3)=C(N3CCOCC3)CS[C@@H]12. The van der Waals surface area contributed by atoms with Gasteiger partial charge in [0.15, 0.2) is 12.3 Å². The maximum absolute atomic E-state index is 13.4. The fourth-order valence-corrected chi connectivity index (χ4v) is 5.86. The predicted molar refractivity (Wildman–Crippen MR) is 139 cm³/mol. The molecule has 3 aliphatic rings. The van der Waals surface area contributed by atoms with Crippen LogP contribution in [0.1, 0.15) is 5.56 Å². The van der Waals surface area contributed by atoms with E-state index in [1.54, 1.807) is 24.3 Å². The second-order valence-corrected chi connectivity index (χ2v) is 10.1. The Balaban J connectivity index is 1.28. The van der Waals surface area contributed by atoms with Gasteiger partial charge in [-0.25, -0.2) is 4.79 Å². The highest BCUT2D eigenvalue weighted by atomic mass is 32.2. The topological polar surface area (TPSA) is 141 Å². The van der Waals surface area contributed by atoms with Crippen LogP contribution in [-0.2, 0) is 30.5 Å². The van der Waals surface area contributed by atoms with Crippen LogP contribution in [0, 0.1) is 10.1 Å².